The summed E-state index contributed by atoms with van der Waals surface area (Å²) in [6.07, 6.45) is 11.1. The minimum absolute atomic E-state index is 0.342. The molecule has 2 aromatic carbocycles. The standard InChI is InChI=1S/C22H29NO2.C20H25NO2/c1-4-14-9-17-16-10-15(24)6-7-19(16)25-20(17)18-8-13-11-22(3,5-2)21(18)23(14)12-13;1-3-13-7-12-8-17-19(13)21(10-12)11(2)6-16-15-9-14(22)4-5-18(15)23-20(16)17/h6-7,10,13-14,18,21,24H,4-5,8-9,11-12H2,1-3H3;4-5,9,11-13,17,19,22H,3,6-8,10H2,1-2H3/t13?,14-,18?,21?,22?;11-,12?,13?,17?,19?/m10/s1. The second-order valence-electron chi connectivity index (χ2n) is 16.9. The van der Waals surface area contributed by atoms with Crippen molar-refractivity contribution in [2.75, 3.05) is 13.1 Å². The van der Waals surface area contributed by atoms with Crippen LogP contribution in [0.3, 0.4) is 0 Å². The van der Waals surface area contributed by atoms with E-state index >= 15 is 0 Å². The molecule has 0 spiro atoms. The summed E-state index contributed by atoms with van der Waals surface area (Å²) in [5, 5.41) is 22.2. The van der Waals surface area contributed by atoms with Gasteiger partial charge in [0.2, 0.25) is 0 Å². The fourth-order valence-electron chi connectivity index (χ4n) is 12.2. The number of hydrogen-bond acceptors (Lipinski definition) is 6. The highest BCUT2D eigenvalue weighted by Crippen LogP contribution is 2.58. The second kappa shape index (κ2) is 11.3. The Morgan fingerprint density at radius 1 is 0.771 bits per heavy atom. The number of rotatable bonds is 3. The van der Waals surface area contributed by atoms with Crippen molar-refractivity contribution in [3.05, 3.63) is 59.0 Å². The Hall–Kier alpha value is -2.96. The van der Waals surface area contributed by atoms with Crippen LogP contribution in [0, 0.1) is 23.2 Å². The summed E-state index contributed by atoms with van der Waals surface area (Å²) >= 11 is 0. The highest BCUT2D eigenvalue weighted by Gasteiger charge is 2.56. The van der Waals surface area contributed by atoms with Crippen molar-refractivity contribution in [3.8, 4) is 11.5 Å². The molecular weight excluding hydrogens is 596 g/mol. The Balaban J connectivity index is 0.000000131. The Kier molecular flexibility index (Phi) is 7.30. The lowest BCUT2D eigenvalue weighted by Crippen LogP contribution is -2.63. The van der Waals surface area contributed by atoms with E-state index in [1.165, 1.54) is 80.7 Å². The lowest BCUT2D eigenvalue weighted by Gasteiger charge is -2.60. The molecule has 8 heterocycles. The summed E-state index contributed by atoms with van der Waals surface area (Å²) in [5.74, 6) is 6.63. The maximum absolute atomic E-state index is 10.0. The summed E-state index contributed by atoms with van der Waals surface area (Å²) in [6, 6.07) is 13.6. The van der Waals surface area contributed by atoms with E-state index in [0.29, 0.717) is 52.9 Å². The van der Waals surface area contributed by atoms with Gasteiger partial charge < -0.3 is 19.0 Å². The molecule has 256 valence electrons. The fraction of sp³-hybridized carbons (Fsp3) is 0.619. The molecule has 6 fully saturated rings. The molecule has 6 aliphatic heterocycles. The van der Waals surface area contributed by atoms with Crippen LogP contribution in [0.1, 0.15) is 114 Å². The van der Waals surface area contributed by atoms with E-state index in [2.05, 4.69) is 44.4 Å². The third kappa shape index (κ3) is 4.57. The van der Waals surface area contributed by atoms with Crippen LogP contribution >= 0.6 is 0 Å². The third-order valence-corrected chi connectivity index (χ3v) is 14.3. The zero-order valence-corrected chi connectivity index (χ0v) is 29.5. The van der Waals surface area contributed by atoms with Gasteiger partial charge in [-0.3, -0.25) is 9.80 Å². The minimum Gasteiger partial charge on any atom is -0.508 e. The van der Waals surface area contributed by atoms with Crippen molar-refractivity contribution >= 4 is 21.9 Å². The first-order chi connectivity index (χ1) is 23.2. The number of fused-ring (bicyclic) bond motifs is 8. The maximum atomic E-state index is 10.0. The molecule has 2 aromatic heterocycles. The van der Waals surface area contributed by atoms with Gasteiger partial charge in [0.15, 0.2) is 0 Å². The van der Waals surface area contributed by atoms with Crippen LogP contribution in [0.15, 0.2) is 45.2 Å². The first kappa shape index (κ1) is 31.1. The molecule has 12 atom stereocenters. The molecule has 2 N–H and O–H groups in total. The molecular formula is C42H54N2O4. The summed E-state index contributed by atoms with van der Waals surface area (Å²) in [7, 11) is 0. The minimum atomic E-state index is 0.342. The summed E-state index contributed by atoms with van der Waals surface area (Å²) in [5.41, 5.74) is 5.02. The van der Waals surface area contributed by atoms with Gasteiger partial charge in [0.05, 0.1) is 0 Å². The average molecular weight is 651 g/mol. The van der Waals surface area contributed by atoms with Crippen LogP contribution in [0.2, 0.25) is 0 Å². The number of nitrogens with zero attached hydrogens (tertiary/aromatic N) is 2. The highest BCUT2D eigenvalue weighted by atomic mass is 16.3. The average Bonchev–Trinajstić information content (AvgIpc) is 3.58. The van der Waals surface area contributed by atoms with Crippen LogP contribution < -0.4 is 0 Å². The topological polar surface area (TPSA) is 73.2 Å². The van der Waals surface area contributed by atoms with Crippen molar-refractivity contribution in [3.63, 3.8) is 0 Å². The van der Waals surface area contributed by atoms with Gasteiger partial charge in [-0.25, -0.2) is 0 Å². The van der Waals surface area contributed by atoms with E-state index in [4.69, 9.17) is 8.83 Å². The van der Waals surface area contributed by atoms with Gasteiger partial charge in [-0.2, -0.15) is 0 Å². The highest BCUT2D eigenvalue weighted by molar-refractivity contribution is 5.85. The number of phenols is 2. The number of aromatic hydroxyl groups is 2. The van der Waals surface area contributed by atoms with Crippen LogP contribution in [-0.2, 0) is 12.8 Å². The van der Waals surface area contributed by atoms with Crippen LogP contribution in [0.25, 0.3) is 21.9 Å². The third-order valence-electron chi connectivity index (χ3n) is 14.3. The molecule has 8 bridgehead atoms. The Morgan fingerprint density at radius 2 is 1.40 bits per heavy atom. The fourth-order valence-corrected chi connectivity index (χ4v) is 12.2. The van der Waals surface area contributed by atoms with Crippen molar-refractivity contribution in [1.82, 2.24) is 9.80 Å². The van der Waals surface area contributed by atoms with E-state index in [9.17, 15) is 10.2 Å². The molecule has 10 unspecified atom stereocenters. The Bertz CT molecular complexity index is 1860. The number of benzene rings is 2. The Morgan fingerprint density at radius 3 is 2.04 bits per heavy atom. The van der Waals surface area contributed by atoms with Crippen LogP contribution in [0.4, 0.5) is 0 Å². The van der Waals surface area contributed by atoms with E-state index < -0.39 is 0 Å². The van der Waals surface area contributed by atoms with Gasteiger partial charge in [-0.1, -0.05) is 34.1 Å². The summed E-state index contributed by atoms with van der Waals surface area (Å²) < 4.78 is 12.8. The molecule has 2 saturated carbocycles. The monoisotopic (exact) mass is 650 g/mol. The smallest absolute Gasteiger partial charge is 0.134 e. The second-order valence-corrected chi connectivity index (χ2v) is 16.9. The number of furan rings is 2. The Labute approximate surface area is 285 Å². The molecule has 0 radical (unpaired) electrons. The van der Waals surface area contributed by atoms with Gasteiger partial charge in [0.25, 0.3) is 0 Å². The van der Waals surface area contributed by atoms with Gasteiger partial charge >= 0.3 is 0 Å². The van der Waals surface area contributed by atoms with Gasteiger partial charge in [0, 0.05) is 71.0 Å². The molecule has 48 heavy (non-hydrogen) atoms. The van der Waals surface area contributed by atoms with Crippen molar-refractivity contribution in [2.24, 2.45) is 23.2 Å². The van der Waals surface area contributed by atoms with Crippen LogP contribution in [-0.4, -0.2) is 57.3 Å². The molecule has 6 nitrogen and oxygen atoms in total. The first-order valence-electron chi connectivity index (χ1n) is 19.2. The maximum Gasteiger partial charge on any atom is 0.134 e. The predicted octanol–water partition coefficient (Wildman–Crippen LogP) is 9.35. The predicted molar refractivity (Wildman–Crippen MR) is 191 cm³/mol. The molecule has 0 amide bonds. The van der Waals surface area contributed by atoms with Crippen molar-refractivity contribution in [2.45, 2.75) is 128 Å². The van der Waals surface area contributed by atoms with E-state index in [0.717, 1.165) is 52.5 Å². The van der Waals surface area contributed by atoms with E-state index in [1.807, 2.05) is 24.3 Å². The van der Waals surface area contributed by atoms with Gasteiger partial charge in [0.1, 0.15) is 34.2 Å². The van der Waals surface area contributed by atoms with E-state index in [-0.39, 0.29) is 0 Å². The van der Waals surface area contributed by atoms with Gasteiger partial charge in [-0.05, 0) is 118 Å². The van der Waals surface area contributed by atoms with E-state index in [1.54, 1.807) is 12.1 Å². The SMILES string of the molecule is CCC1CC2CC3c4oc5ccc(O)cc5c4C[C@H](C)N(C2)C13.CC[C@@H]1Cc2c(oc3ccc(O)cc23)C2CC3CN1C2C(C)(CC)C3. The molecule has 8 aliphatic rings. The summed E-state index contributed by atoms with van der Waals surface area (Å²) in [6.45, 7) is 14.5. The molecule has 4 saturated heterocycles. The van der Waals surface area contributed by atoms with Gasteiger partial charge in [-0.15, -0.1) is 0 Å². The molecule has 6 heteroatoms. The van der Waals surface area contributed by atoms with Crippen LogP contribution in [0.5, 0.6) is 11.5 Å². The normalized spacial score (nSPS) is 39.0. The number of hydrogen-bond donors (Lipinski definition) is 2. The lowest BCUT2D eigenvalue weighted by molar-refractivity contribution is -0.0910. The molecule has 4 aromatic rings. The zero-order valence-electron chi connectivity index (χ0n) is 29.5. The lowest BCUT2D eigenvalue weighted by atomic mass is 9.57. The van der Waals surface area contributed by atoms with Crippen molar-refractivity contribution < 1.29 is 19.0 Å². The largest absolute Gasteiger partial charge is 0.508 e. The zero-order chi connectivity index (χ0) is 33.1. The summed E-state index contributed by atoms with van der Waals surface area (Å²) in [4.78, 5) is 5.62. The number of piperidine rings is 4. The van der Waals surface area contributed by atoms with Crippen molar-refractivity contribution in [1.29, 1.82) is 0 Å². The molecule has 2 aliphatic carbocycles. The number of phenolic OH excluding ortho intramolecular Hbond substituents is 2. The molecule has 12 rings (SSSR count). The first-order valence-corrected chi connectivity index (χ1v) is 19.2. The quantitative estimate of drug-likeness (QED) is 0.230.